The Bertz CT molecular complexity index is 1330. The number of carbonyl (C=O) groups is 3. The molecule has 38 heavy (non-hydrogen) atoms. The van der Waals surface area contributed by atoms with Crippen LogP contribution in [0.4, 0.5) is 4.39 Å². The maximum absolute atomic E-state index is 14.0. The van der Waals surface area contributed by atoms with Crippen LogP contribution < -0.4 is 5.32 Å². The molecule has 3 aromatic carbocycles. The second-order valence-corrected chi connectivity index (χ2v) is 9.90. The molecule has 9 heteroatoms. The maximum Gasteiger partial charge on any atom is 0.256 e. The highest BCUT2D eigenvalue weighted by Gasteiger charge is 2.54. The van der Waals surface area contributed by atoms with E-state index in [-0.39, 0.29) is 24.0 Å². The lowest BCUT2D eigenvalue weighted by molar-refractivity contribution is -0.128. The van der Waals surface area contributed by atoms with Gasteiger partial charge in [-0.15, -0.1) is 0 Å². The number of ether oxygens (including phenoxy) is 1. The fourth-order valence-corrected chi connectivity index (χ4v) is 5.19. The van der Waals surface area contributed by atoms with Crippen LogP contribution in [0, 0.1) is 5.82 Å². The molecule has 0 aliphatic carbocycles. The van der Waals surface area contributed by atoms with Gasteiger partial charge in [-0.1, -0.05) is 48.0 Å². The summed E-state index contributed by atoms with van der Waals surface area (Å²) in [6.07, 6.45) is 0.631. The van der Waals surface area contributed by atoms with Gasteiger partial charge in [0.05, 0.1) is 6.61 Å². The van der Waals surface area contributed by atoms with Crippen LogP contribution in [0.1, 0.15) is 39.1 Å². The molecule has 3 amide bonds. The predicted octanol–water partition coefficient (Wildman–Crippen LogP) is 4.27. The zero-order valence-corrected chi connectivity index (χ0v) is 21.4. The first-order valence-corrected chi connectivity index (χ1v) is 12.8. The summed E-state index contributed by atoms with van der Waals surface area (Å²) < 4.78 is 20.2. The smallest absolute Gasteiger partial charge is 0.256 e. The molecule has 1 spiro atoms. The number of nitrogens with zero attached hydrogens (tertiary/aromatic N) is 2. The van der Waals surface area contributed by atoms with Crippen LogP contribution in [0.5, 0.6) is 0 Å². The fourth-order valence-electron chi connectivity index (χ4n) is 5.06. The third-order valence-corrected chi connectivity index (χ3v) is 7.34. The highest BCUT2D eigenvalue weighted by molar-refractivity contribution is 6.30. The molecule has 196 valence electrons. The Labute approximate surface area is 225 Å². The first kappa shape index (κ1) is 25.9. The predicted molar refractivity (Wildman–Crippen MR) is 140 cm³/mol. The molecule has 0 radical (unpaired) electrons. The molecule has 2 saturated heterocycles. The molecule has 2 heterocycles. The Kier molecular flexibility index (Phi) is 7.44. The Morgan fingerprint density at radius 2 is 1.63 bits per heavy atom. The van der Waals surface area contributed by atoms with Crippen LogP contribution in [0.3, 0.4) is 0 Å². The molecule has 2 aliphatic heterocycles. The maximum atomic E-state index is 14.0. The van der Waals surface area contributed by atoms with Crippen molar-refractivity contribution in [3.63, 3.8) is 0 Å². The minimum absolute atomic E-state index is 0.00676. The Hall–Kier alpha value is -3.75. The topological polar surface area (TPSA) is 79.0 Å². The van der Waals surface area contributed by atoms with Gasteiger partial charge in [-0.25, -0.2) is 4.39 Å². The Balaban J connectivity index is 1.36. The van der Waals surface area contributed by atoms with Gasteiger partial charge in [0.25, 0.3) is 11.8 Å². The summed E-state index contributed by atoms with van der Waals surface area (Å²) in [6, 6.07) is 20.6. The molecular weight excluding hydrogens is 509 g/mol. The van der Waals surface area contributed by atoms with E-state index in [2.05, 4.69) is 5.32 Å². The molecule has 0 bridgehead atoms. The van der Waals surface area contributed by atoms with E-state index in [1.807, 2.05) is 30.3 Å². The van der Waals surface area contributed by atoms with Crippen molar-refractivity contribution in [2.75, 3.05) is 19.7 Å². The summed E-state index contributed by atoms with van der Waals surface area (Å²) in [5.41, 5.74) is 0.486. The van der Waals surface area contributed by atoms with Crippen LogP contribution in [-0.4, -0.2) is 59.0 Å². The van der Waals surface area contributed by atoms with Crippen molar-refractivity contribution >= 4 is 29.3 Å². The molecule has 0 saturated carbocycles. The molecule has 0 aromatic heterocycles. The van der Waals surface area contributed by atoms with Crippen molar-refractivity contribution in [2.45, 2.75) is 31.2 Å². The number of nitrogens with one attached hydrogen (secondary N) is 1. The quantitative estimate of drug-likeness (QED) is 0.529. The minimum Gasteiger partial charge on any atom is -0.353 e. The number of piperidine rings is 1. The second kappa shape index (κ2) is 10.9. The lowest BCUT2D eigenvalue weighted by Gasteiger charge is -2.44. The Morgan fingerprint density at radius 3 is 2.32 bits per heavy atom. The third-order valence-electron chi connectivity index (χ3n) is 7.09. The van der Waals surface area contributed by atoms with E-state index in [9.17, 15) is 18.8 Å². The number of hydrogen-bond donors (Lipinski definition) is 1. The van der Waals surface area contributed by atoms with Crippen molar-refractivity contribution in [1.82, 2.24) is 15.1 Å². The number of hydrogen-bond acceptors (Lipinski definition) is 4. The van der Waals surface area contributed by atoms with E-state index in [0.29, 0.717) is 43.1 Å². The van der Waals surface area contributed by atoms with Crippen molar-refractivity contribution in [1.29, 1.82) is 0 Å². The summed E-state index contributed by atoms with van der Waals surface area (Å²) in [5, 5.41) is 3.44. The van der Waals surface area contributed by atoms with Gasteiger partial charge in [0.15, 0.2) is 0 Å². The van der Waals surface area contributed by atoms with Gasteiger partial charge in [-0.2, -0.15) is 0 Å². The van der Waals surface area contributed by atoms with Crippen LogP contribution in [-0.2, 0) is 16.1 Å². The molecule has 2 aliphatic rings. The van der Waals surface area contributed by atoms with Crippen molar-refractivity contribution in [3.8, 4) is 0 Å². The first-order valence-electron chi connectivity index (χ1n) is 12.5. The number of carbonyl (C=O) groups excluding carboxylic acids is 3. The number of rotatable bonds is 5. The van der Waals surface area contributed by atoms with Gasteiger partial charge in [0.2, 0.25) is 5.91 Å². The summed E-state index contributed by atoms with van der Waals surface area (Å²) in [6.45, 7) is 0.959. The largest absolute Gasteiger partial charge is 0.353 e. The molecule has 5 rings (SSSR count). The van der Waals surface area contributed by atoms with E-state index in [4.69, 9.17) is 16.3 Å². The zero-order chi connectivity index (χ0) is 26.7. The second-order valence-electron chi connectivity index (χ2n) is 9.46. The third kappa shape index (κ3) is 5.28. The zero-order valence-electron chi connectivity index (χ0n) is 20.6. The van der Waals surface area contributed by atoms with Crippen molar-refractivity contribution in [3.05, 3.63) is 106 Å². The highest BCUT2D eigenvalue weighted by Crippen LogP contribution is 2.39. The average Bonchev–Trinajstić information content (AvgIpc) is 3.30. The van der Waals surface area contributed by atoms with Gasteiger partial charge in [-0.3, -0.25) is 19.3 Å². The molecule has 0 unspecified atom stereocenters. The molecule has 7 nitrogen and oxygen atoms in total. The summed E-state index contributed by atoms with van der Waals surface area (Å²) in [7, 11) is 0. The van der Waals surface area contributed by atoms with Crippen LogP contribution in [0.15, 0.2) is 78.9 Å². The van der Waals surface area contributed by atoms with Gasteiger partial charge < -0.3 is 15.0 Å². The summed E-state index contributed by atoms with van der Waals surface area (Å²) in [4.78, 5) is 43.2. The van der Waals surface area contributed by atoms with Gasteiger partial charge in [-0.05, 0) is 48.0 Å². The number of halogens is 2. The van der Waals surface area contributed by atoms with E-state index in [1.165, 1.54) is 23.1 Å². The normalized spacial score (nSPS) is 18.4. The number of benzene rings is 3. The van der Waals surface area contributed by atoms with E-state index < -0.39 is 23.5 Å². The highest BCUT2D eigenvalue weighted by atomic mass is 35.5. The van der Waals surface area contributed by atoms with Crippen LogP contribution >= 0.6 is 11.6 Å². The monoisotopic (exact) mass is 535 g/mol. The van der Waals surface area contributed by atoms with Gasteiger partial charge in [0.1, 0.15) is 17.6 Å². The van der Waals surface area contributed by atoms with E-state index in [1.54, 1.807) is 29.2 Å². The number of likely N-dealkylation sites (tertiary alicyclic amines) is 1. The average molecular weight is 536 g/mol. The van der Waals surface area contributed by atoms with Gasteiger partial charge in [0, 0.05) is 48.6 Å². The standard InChI is InChI=1S/C29H27ClFN3O4/c30-23-11-9-21(10-12-23)27(36)33-15-13-29(14-16-33)34(28(37)22-7-4-8-24(31)17-22)25(19-38-29)26(35)32-18-20-5-2-1-3-6-20/h1-12,17,25H,13-16,18-19H2,(H,32,35)/t25-/m0/s1. The van der Waals surface area contributed by atoms with Gasteiger partial charge >= 0.3 is 0 Å². The number of amides is 3. The molecule has 2 fully saturated rings. The fraction of sp³-hybridized carbons (Fsp3) is 0.276. The van der Waals surface area contributed by atoms with Crippen molar-refractivity contribution in [2.24, 2.45) is 0 Å². The lowest BCUT2D eigenvalue weighted by atomic mass is 9.96. The summed E-state index contributed by atoms with van der Waals surface area (Å²) in [5.74, 6) is -1.53. The van der Waals surface area contributed by atoms with Crippen LogP contribution in [0.2, 0.25) is 5.02 Å². The molecule has 1 atom stereocenters. The SMILES string of the molecule is O=C(NCc1ccccc1)[C@@H]1COC2(CCN(C(=O)c3ccc(Cl)cc3)CC2)N1C(=O)c1cccc(F)c1. The minimum atomic E-state index is -1.09. The van der Waals surface area contributed by atoms with E-state index in [0.717, 1.165) is 11.6 Å². The van der Waals surface area contributed by atoms with Crippen LogP contribution in [0.25, 0.3) is 0 Å². The summed E-state index contributed by atoms with van der Waals surface area (Å²) >= 11 is 5.95. The van der Waals surface area contributed by atoms with Crippen molar-refractivity contribution < 1.29 is 23.5 Å². The molecular formula is C29H27ClFN3O4. The van der Waals surface area contributed by atoms with E-state index >= 15 is 0 Å². The first-order chi connectivity index (χ1) is 18.4. The molecule has 1 N–H and O–H groups in total. The molecule has 3 aromatic rings. The Morgan fingerprint density at radius 1 is 0.921 bits per heavy atom. The lowest BCUT2D eigenvalue weighted by Crippen LogP contribution is -2.59.